The quantitative estimate of drug-likeness (QED) is 0.869. The highest BCUT2D eigenvalue weighted by molar-refractivity contribution is 5.33. The van der Waals surface area contributed by atoms with E-state index in [9.17, 15) is 0 Å². The van der Waals surface area contributed by atoms with E-state index in [-0.39, 0.29) is 6.04 Å². The number of imidazole rings is 1. The zero-order valence-electron chi connectivity index (χ0n) is 13.5. The number of anilines is 1. The van der Waals surface area contributed by atoms with Crippen LogP contribution in [-0.2, 0) is 0 Å². The molecule has 20 heavy (non-hydrogen) atoms. The van der Waals surface area contributed by atoms with E-state index in [0.29, 0.717) is 12.0 Å². The van der Waals surface area contributed by atoms with Crippen LogP contribution in [0.1, 0.15) is 57.7 Å². The third-order valence-electron chi connectivity index (χ3n) is 4.55. The predicted molar refractivity (Wildman–Crippen MR) is 85.2 cm³/mol. The summed E-state index contributed by atoms with van der Waals surface area (Å²) in [5.41, 5.74) is 7.27. The molecule has 1 atom stereocenters. The summed E-state index contributed by atoms with van der Waals surface area (Å²) in [4.78, 5) is 7.00. The molecule has 1 unspecified atom stereocenters. The van der Waals surface area contributed by atoms with Crippen LogP contribution in [0.3, 0.4) is 0 Å². The molecule has 1 heterocycles. The number of hydrogen-bond acceptors (Lipinski definition) is 3. The molecule has 1 aliphatic rings. The molecule has 1 aromatic heterocycles. The van der Waals surface area contributed by atoms with Crippen LogP contribution in [-0.4, -0.2) is 29.2 Å². The average Bonchev–Trinajstić information content (AvgIpc) is 3.03. The fourth-order valence-electron chi connectivity index (χ4n) is 3.01. The van der Waals surface area contributed by atoms with Crippen LogP contribution in [0.2, 0.25) is 0 Å². The molecule has 0 bridgehead atoms. The molecule has 1 aromatic rings. The summed E-state index contributed by atoms with van der Waals surface area (Å²) < 4.78 is 2.39. The standard InChI is InChI=1S/C16H30N4/c1-12(2)15(17)9-10-19(4)16-18-13(3)11-20(16)14-7-5-6-8-14/h11-12,14-15H,5-10,17H2,1-4H3. The maximum absolute atomic E-state index is 6.15. The Kier molecular flexibility index (Phi) is 5.08. The summed E-state index contributed by atoms with van der Waals surface area (Å²) in [5.74, 6) is 1.66. The van der Waals surface area contributed by atoms with Crippen LogP contribution in [0, 0.1) is 12.8 Å². The lowest BCUT2D eigenvalue weighted by Crippen LogP contribution is -2.33. The SMILES string of the molecule is Cc1cn(C2CCCC2)c(N(C)CCC(N)C(C)C)n1. The normalized spacial score (nSPS) is 17.9. The molecule has 1 aliphatic carbocycles. The van der Waals surface area contributed by atoms with E-state index < -0.39 is 0 Å². The summed E-state index contributed by atoms with van der Waals surface area (Å²) in [7, 11) is 2.14. The molecule has 114 valence electrons. The summed E-state index contributed by atoms with van der Waals surface area (Å²) in [6.45, 7) is 7.44. The first-order chi connectivity index (χ1) is 9.49. The lowest BCUT2D eigenvalue weighted by Gasteiger charge is -2.25. The summed E-state index contributed by atoms with van der Waals surface area (Å²) in [6.07, 6.45) is 8.52. The highest BCUT2D eigenvalue weighted by atomic mass is 15.3. The first-order valence-corrected chi connectivity index (χ1v) is 8.01. The average molecular weight is 278 g/mol. The van der Waals surface area contributed by atoms with Gasteiger partial charge in [0.15, 0.2) is 0 Å². The van der Waals surface area contributed by atoms with Gasteiger partial charge in [-0.05, 0) is 32.1 Å². The zero-order valence-corrected chi connectivity index (χ0v) is 13.5. The van der Waals surface area contributed by atoms with Gasteiger partial charge < -0.3 is 15.2 Å². The molecule has 0 radical (unpaired) electrons. The Balaban J connectivity index is 2.03. The van der Waals surface area contributed by atoms with Crippen LogP contribution in [0.4, 0.5) is 5.95 Å². The van der Waals surface area contributed by atoms with Crippen molar-refractivity contribution in [1.29, 1.82) is 0 Å². The molecular weight excluding hydrogens is 248 g/mol. The van der Waals surface area contributed by atoms with Crippen molar-refractivity contribution in [3.05, 3.63) is 11.9 Å². The van der Waals surface area contributed by atoms with Gasteiger partial charge in [-0.25, -0.2) is 4.98 Å². The minimum Gasteiger partial charge on any atom is -0.345 e. The van der Waals surface area contributed by atoms with E-state index in [1.165, 1.54) is 25.7 Å². The van der Waals surface area contributed by atoms with Crippen molar-refractivity contribution >= 4 is 5.95 Å². The van der Waals surface area contributed by atoms with Gasteiger partial charge in [-0.2, -0.15) is 0 Å². The Morgan fingerprint density at radius 1 is 1.40 bits per heavy atom. The number of nitrogens with zero attached hydrogens (tertiary/aromatic N) is 3. The van der Waals surface area contributed by atoms with Gasteiger partial charge in [0.2, 0.25) is 5.95 Å². The first kappa shape index (κ1) is 15.4. The van der Waals surface area contributed by atoms with Crippen LogP contribution in [0.15, 0.2) is 6.20 Å². The smallest absolute Gasteiger partial charge is 0.205 e. The maximum Gasteiger partial charge on any atom is 0.205 e. The van der Waals surface area contributed by atoms with Gasteiger partial charge in [0.05, 0.1) is 5.69 Å². The second-order valence-electron chi connectivity index (χ2n) is 6.65. The summed E-state index contributed by atoms with van der Waals surface area (Å²) >= 11 is 0. The van der Waals surface area contributed by atoms with Gasteiger partial charge in [-0.15, -0.1) is 0 Å². The van der Waals surface area contributed by atoms with Gasteiger partial charge in [-0.1, -0.05) is 26.7 Å². The molecule has 0 aromatic carbocycles. The van der Waals surface area contributed by atoms with Gasteiger partial charge in [0.1, 0.15) is 0 Å². The second kappa shape index (κ2) is 6.61. The molecule has 2 N–H and O–H groups in total. The predicted octanol–water partition coefficient (Wildman–Crippen LogP) is 3.12. The van der Waals surface area contributed by atoms with E-state index in [4.69, 9.17) is 10.7 Å². The van der Waals surface area contributed by atoms with Crippen molar-refractivity contribution in [2.75, 3.05) is 18.5 Å². The van der Waals surface area contributed by atoms with Crippen molar-refractivity contribution in [2.45, 2.75) is 65.0 Å². The fraction of sp³-hybridized carbons (Fsp3) is 0.812. The molecule has 1 saturated carbocycles. The van der Waals surface area contributed by atoms with Gasteiger partial charge in [-0.3, -0.25) is 0 Å². The summed E-state index contributed by atoms with van der Waals surface area (Å²) in [6, 6.07) is 0.917. The van der Waals surface area contributed by atoms with Crippen molar-refractivity contribution in [3.63, 3.8) is 0 Å². The Morgan fingerprint density at radius 2 is 2.05 bits per heavy atom. The molecule has 2 rings (SSSR count). The fourth-order valence-corrected chi connectivity index (χ4v) is 3.01. The monoisotopic (exact) mass is 278 g/mol. The van der Waals surface area contributed by atoms with E-state index in [1.807, 2.05) is 0 Å². The first-order valence-electron chi connectivity index (χ1n) is 8.01. The second-order valence-corrected chi connectivity index (χ2v) is 6.65. The number of nitrogens with two attached hydrogens (primary N) is 1. The van der Waals surface area contributed by atoms with Crippen molar-refractivity contribution in [1.82, 2.24) is 9.55 Å². The van der Waals surface area contributed by atoms with Gasteiger partial charge in [0, 0.05) is 31.9 Å². The molecule has 0 aliphatic heterocycles. The van der Waals surface area contributed by atoms with E-state index in [2.05, 4.69) is 43.5 Å². The van der Waals surface area contributed by atoms with Crippen LogP contribution >= 0.6 is 0 Å². The highest BCUT2D eigenvalue weighted by Crippen LogP contribution is 2.32. The lowest BCUT2D eigenvalue weighted by molar-refractivity contribution is 0.460. The highest BCUT2D eigenvalue weighted by Gasteiger charge is 2.22. The zero-order chi connectivity index (χ0) is 14.7. The largest absolute Gasteiger partial charge is 0.345 e. The van der Waals surface area contributed by atoms with Crippen molar-refractivity contribution < 1.29 is 0 Å². The molecule has 0 amide bonds. The van der Waals surface area contributed by atoms with Crippen LogP contribution < -0.4 is 10.6 Å². The Labute approximate surface area is 123 Å². The van der Waals surface area contributed by atoms with Gasteiger partial charge >= 0.3 is 0 Å². The molecule has 0 saturated heterocycles. The van der Waals surface area contributed by atoms with E-state index in [1.54, 1.807) is 0 Å². The lowest BCUT2D eigenvalue weighted by atomic mass is 10.0. The Hall–Kier alpha value is -1.03. The van der Waals surface area contributed by atoms with E-state index in [0.717, 1.165) is 24.6 Å². The molecule has 4 heteroatoms. The van der Waals surface area contributed by atoms with Crippen LogP contribution in [0.25, 0.3) is 0 Å². The Bertz CT molecular complexity index is 418. The topological polar surface area (TPSA) is 47.1 Å². The number of hydrogen-bond donors (Lipinski definition) is 1. The maximum atomic E-state index is 6.15. The molecule has 4 nitrogen and oxygen atoms in total. The number of rotatable bonds is 6. The minimum atomic E-state index is 0.272. The molecular formula is C16H30N4. The summed E-state index contributed by atoms with van der Waals surface area (Å²) in [5, 5.41) is 0. The van der Waals surface area contributed by atoms with Crippen molar-refractivity contribution in [3.8, 4) is 0 Å². The van der Waals surface area contributed by atoms with E-state index >= 15 is 0 Å². The minimum absolute atomic E-state index is 0.272. The van der Waals surface area contributed by atoms with Crippen molar-refractivity contribution in [2.24, 2.45) is 11.7 Å². The number of aryl methyl sites for hydroxylation is 1. The molecule has 1 fully saturated rings. The third-order valence-corrected chi connectivity index (χ3v) is 4.55. The molecule has 0 spiro atoms. The van der Waals surface area contributed by atoms with Crippen LogP contribution in [0.5, 0.6) is 0 Å². The number of aromatic nitrogens is 2. The Morgan fingerprint density at radius 3 is 2.65 bits per heavy atom. The third kappa shape index (κ3) is 3.54. The van der Waals surface area contributed by atoms with Gasteiger partial charge in [0.25, 0.3) is 0 Å².